The summed E-state index contributed by atoms with van der Waals surface area (Å²) in [7, 11) is 0. The van der Waals surface area contributed by atoms with Crippen LogP contribution in [-0.2, 0) is 0 Å². The van der Waals surface area contributed by atoms with Gasteiger partial charge in [-0.3, -0.25) is 9.98 Å². The maximum atomic E-state index is 6.28. The summed E-state index contributed by atoms with van der Waals surface area (Å²) in [5.41, 5.74) is 3.03. The molecule has 0 aromatic heterocycles. The number of halogens is 2. The van der Waals surface area contributed by atoms with Crippen LogP contribution in [0, 0.1) is 22.7 Å². The molecular formula is C28H32Cl2N2. The third-order valence-electron chi connectivity index (χ3n) is 8.12. The van der Waals surface area contributed by atoms with Crippen LogP contribution in [0.4, 0.5) is 0 Å². The molecule has 0 radical (unpaired) electrons. The predicted octanol–water partition coefficient (Wildman–Crippen LogP) is 7.90. The van der Waals surface area contributed by atoms with Gasteiger partial charge in [0.25, 0.3) is 0 Å². The Hall–Kier alpha value is -1.64. The van der Waals surface area contributed by atoms with E-state index in [1.54, 1.807) is 0 Å². The van der Waals surface area contributed by atoms with Crippen molar-refractivity contribution in [1.82, 2.24) is 0 Å². The van der Waals surface area contributed by atoms with Crippen molar-refractivity contribution in [2.24, 2.45) is 32.7 Å². The first kappa shape index (κ1) is 22.2. The number of rotatable bonds is 8. The SMILES string of the molecule is Clc1ccccc1C=NCCC12CC3CC(C1)CC(CCN=Cc1ccccc1Cl)(C3)C2. The van der Waals surface area contributed by atoms with Gasteiger partial charge in [-0.15, -0.1) is 0 Å². The second kappa shape index (κ2) is 9.31. The molecule has 0 heterocycles. The lowest BCUT2D eigenvalue weighted by molar-refractivity contribution is -0.115. The van der Waals surface area contributed by atoms with E-state index in [1.807, 2.05) is 61.0 Å². The quantitative estimate of drug-likeness (QED) is 0.353. The Balaban J connectivity index is 1.21. The van der Waals surface area contributed by atoms with Gasteiger partial charge in [-0.05, 0) is 86.2 Å². The molecule has 0 atom stereocenters. The van der Waals surface area contributed by atoms with Gasteiger partial charge in [0.2, 0.25) is 0 Å². The minimum atomic E-state index is 0.494. The molecule has 0 N–H and O–H groups in total. The van der Waals surface area contributed by atoms with E-state index in [2.05, 4.69) is 0 Å². The average Bonchev–Trinajstić information content (AvgIpc) is 2.76. The molecule has 2 nitrogen and oxygen atoms in total. The second-order valence-electron chi connectivity index (χ2n) is 10.6. The molecule has 0 unspecified atom stereocenters. The molecule has 4 aliphatic carbocycles. The molecule has 0 amide bonds. The van der Waals surface area contributed by atoms with Crippen LogP contribution >= 0.6 is 23.2 Å². The molecule has 4 saturated carbocycles. The van der Waals surface area contributed by atoms with E-state index in [4.69, 9.17) is 33.2 Å². The highest BCUT2D eigenvalue weighted by molar-refractivity contribution is 6.33. The molecular weight excluding hydrogens is 435 g/mol. The molecule has 0 saturated heterocycles. The highest BCUT2D eigenvalue weighted by atomic mass is 35.5. The van der Waals surface area contributed by atoms with Crippen LogP contribution in [0.2, 0.25) is 10.0 Å². The van der Waals surface area contributed by atoms with Crippen LogP contribution < -0.4 is 0 Å². The van der Waals surface area contributed by atoms with E-state index in [1.165, 1.54) is 51.4 Å². The fourth-order valence-corrected chi connectivity index (χ4v) is 7.69. The summed E-state index contributed by atoms with van der Waals surface area (Å²) in [5.74, 6) is 1.83. The summed E-state index contributed by atoms with van der Waals surface area (Å²) in [6.07, 6.45) is 14.8. The Morgan fingerprint density at radius 2 is 1.16 bits per heavy atom. The molecule has 4 aliphatic rings. The van der Waals surface area contributed by atoms with Gasteiger partial charge in [-0.2, -0.15) is 0 Å². The first-order chi connectivity index (χ1) is 15.5. The summed E-state index contributed by atoms with van der Waals surface area (Å²) in [6, 6.07) is 15.9. The van der Waals surface area contributed by atoms with Gasteiger partial charge in [0, 0.05) is 46.7 Å². The van der Waals surface area contributed by atoms with Gasteiger partial charge in [0.05, 0.1) is 0 Å². The van der Waals surface area contributed by atoms with E-state index in [0.717, 1.165) is 46.1 Å². The molecule has 2 aromatic rings. The highest BCUT2D eigenvalue weighted by Crippen LogP contribution is 2.67. The zero-order chi connectivity index (χ0) is 22.0. The van der Waals surface area contributed by atoms with E-state index >= 15 is 0 Å². The number of benzene rings is 2. The Labute approximate surface area is 202 Å². The van der Waals surface area contributed by atoms with Crippen molar-refractivity contribution < 1.29 is 0 Å². The fourth-order valence-electron chi connectivity index (χ4n) is 7.32. The third kappa shape index (κ3) is 4.82. The van der Waals surface area contributed by atoms with Gasteiger partial charge < -0.3 is 0 Å². The van der Waals surface area contributed by atoms with Crippen LogP contribution in [0.15, 0.2) is 58.5 Å². The zero-order valence-corrected chi connectivity index (χ0v) is 20.2. The number of nitrogens with zero attached hydrogens (tertiary/aromatic N) is 2. The van der Waals surface area contributed by atoms with Crippen molar-refractivity contribution in [1.29, 1.82) is 0 Å². The number of aliphatic imine (C=N–C) groups is 2. The summed E-state index contributed by atoms with van der Waals surface area (Å²) in [5, 5.41) is 1.56. The molecule has 0 aliphatic heterocycles. The normalized spacial score (nSPS) is 31.2. The van der Waals surface area contributed by atoms with Crippen molar-refractivity contribution in [3.05, 3.63) is 69.7 Å². The summed E-state index contributed by atoms with van der Waals surface area (Å²) in [4.78, 5) is 9.55. The average molecular weight is 467 g/mol. The first-order valence-electron chi connectivity index (χ1n) is 12.0. The van der Waals surface area contributed by atoms with Gasteiger partial charge in [0.1, 0.15) is 0 Å². The molecule has 6 rings (SSSR count). The van der Waals surface area contributed by atoms with Crippen molar-refractivity contribution in [3.63, 3.8) is 0 Å². The Morgan fingerprint density at radius 1 is 0.719 bits per heavy atom. The monoisotopic (exact) mass is 466 g/mol. The zero-order valence-electron chi connectivity index (χ0n) is 18.6. The Morgan fingerprint density at radius 3 is 1.59 bits per heavy atom. The predicted molar refractivity (Wildman–Crippen MR) is 137 cm³/mol. The van der Waals surface area contributed by atoms with E-state index in [-0.39, 0.29) is 0 Å². The third-order valence-corrected chi connectivity index (χ3v) is 8.81. The maximum Gasteiger partial charge on any atom is 0.0493 e. The second-order valence-corrected chi connectivity index (χ2v) is 11.4. The van der Waals surface area contributed by atoms with Crippen LogP contribution in [0.25, 0.3) is 0 Å². The number of hydrogen-bond acceptors (Lipinski definition) is 2. The van der Waals surface area contributed by atoms with E-state index in [9.17, 15) is 0 Å². The highest BCUT2D eigenvalue weighted by Gasteiger charge is 2.56. The molecule has 0 spiro atoms. The standard InChI is InChI=1S/C28H32Cl2N2/c29-25-7-3-1-5-23(25)18-31-11-9-27-14-21-13-22(15-27)17-28(16-21,20-27)10-12-32-19-24-6-2-4-8-26(24)30/h1-8,18-19,21-22H,9-17,20H2. The van der Waals surface area contributed by atoms with Crippen LogP contribution in [0.1, 0.15) is 62.5 Å². The Bertz CT molecular complexity index is 920. The maximum absolute atomic E-state index is 6.28. The van der Waals surface area contributed by atoms with E-state index in [0.29, 0.717) is 10.8 Å². The molecule has 4 fully saturated rings. The molecule has 2 aromatic carbocycles. The minimum absolute atomic E-state index is 0.494. The minimum Gasteiger partial charge on any atom is -0.292 e. The topological polar surface area (TPSA) is 24.7 Å². The smallest absolute Gasteiger partial charge is 0.0493 e. The van der Waals surface area contributed by atoms with Crippen LogP contribution in [0.3, 0.4) is 0 Å². The lowest BCUT2D eigenvalue weighted by Crippen LogP contribution is -2.52. The van der Waals surface area contributed by atoms with Crippen LogP contribution in [0.5, 0.6) is 0 Å². The summed E-state index contributed by atoms with van der Waals surface area (Å²) >= 11 is 12.6. The van der Waals surface area contributed by atoms with Crippen molar-refractivity contribution in [2.45, 2.75) is 51.4 Å². The van der Waals surface area contributed by atoms with Gasteiger partial charge in [0.15, 0.2) is 0 Å². The van der Waals surface area contributed by atoms with Gasteiger partial charge in [-0.1, -0.05) is 59.6 Å². The largest absolute Gasteiger partial charge is 0.292 e. The molecule has 4 heteroatoms. The van der Waals surface area contributed by atoms with E-state index < -0.39 is 0 Å². The fraction of sp³-hybridized carbons (Fsp3) is 0.500. The molecule has 4 bridgehead atoms. The Kier molecular flexibility index (Phi) is 6.45. The van der Waals surface area contributed by atoms with Gasteiger partial charge in [-0.25, -0.2) is 0 Å². The van der Waals surface area contributed by atoms with Crippen molar-refractivity contribution in [2.75, 3.05) is 13.1 Å². The van der Waals surface area contributed by atoms with Crippen LogP contribution in [-0.4, -0.2) is 25.5 Å². The summed E-state index contributed by atoms with van der Waals surface area (Å²) < 4.78 is 0. The number of hydrogen-bond donors (Lipinski definition) is 0. The molecule has 32 heavy (non-hydrogen) atoms. The van der Waals surface area contributed by atoms with Gasteiger partial charge >= 0.3 is 0 Å². The first-order valence-corrected chi connectivity index (χ1v) is 12.8. The lowest BCUT2D eigenvalue weighted by atomic mass is 9.43. The van der Waals surface area contributed by atoms with Crippen molar-refractivity contribution >= 4 is 35.6 Å². The lowest BCUT2D eigenvalue weighted by Gasteiger charge is -2.62. The van der Waals surface area contributed by atoms with Crippen molar-refractivity contribution in [3.8, 4) is 0 Å². The molecule has 168 valence electrons. The summed E-state index contributed by atoms with van der Waals surface area (Å²) in [6.45, 7) is 1.82.